The summed E-state index contributed by atoms with van der Waals surface area (Å²) in [6.45, 7) is 0.813. The summed E-state index contributed by atoms with van der Waals surface area (Å²) in [4.78, 5) is 0. The Balaban J connectivity index is 1.60. The minimum absolute atomic E-state index is 0.309. The van der Waals surface area contributed by atoms with Gasteiger partial charge in [0.15, 0.2) is 0 Å². The molecule has 0 bridgehead atoms. The predicted octanol–water partition coefficient (Wildman–Crippen LogP) is 2.54. The molecule has 0 radical (unpaired) electrons. The van der Waals surface area contributed by atoms with Gasteiger partial charge in [0.05, 0.1) is 12.2 Å². The van der Waals surface area contributed by atoms with E-state index in [2.05, 4.69) is 12.1 Å². The molecule has 2 nitrogen and oxygen atoms in total. The number of hydrogen-bond donors (Lipinski definition) is 1. The van der Waals surface area contributed by atoms with Gasteiger partial charge in [-0.05, 0) is 49.7 Å². The van der Waals surface area contributed by atoms with E-state index in [-0.39, 0.29) is 5.60 Å². The molecule has 86 valence electrons. The molecule has 0 aromatic heterocycles. The molecule has 0 spiro atoms. The average Bonchev–Trinajstić information content (AvgIpc) is 3.05. The molecule has 1 saturated carbocycles. The third-order valence-electron chi connectivity index (χ3n) is 3.80. The van der Waals surface area contributed by atoms with E-state index in [1.54, 1.807) is 0 Å². The zero-order valence-corrected chi connectivity index (χ0v) is 9.48. The highest BCUT2D eigenvalue weighted by Gasteiger charge is 2.40. The Labute approximate surface area is 96.2 Å². The summed E-state index contributed by atoms with van der Waals surface area (Å²) in [5.74, 6) is 1.63. The first-order valence-corrected chi connectivity index (χ1v) is 6.18. The number of aliphatic hydroxyl groups is 1. The number of hydrogen-bond acceptors (Lipinski definition) is 2. The summed E-state index contributed by atoms with van der Waals surface area (Å²) >= 11 is 0. The van der Waals surface area contributed by atoms with E-state index in [1.807, 2.05) is 12.1 Å². The van der Waals surface area contributed by atoms with Crippen LogP contribution in [0.25, 0.3) is 0 Å². The molecule has 2 aliphatic rings. The summed E-state index contributed by atoms with van der Waals surface area (Å²) in [6, 6.07) is 8.28. The van der Waals surface area contributed by atoms with Gasteiger partial charge in [-0.15, -0.1) is 0 Å². The highest BCUT2D eigenvalue weighted by Crippen LogP contribution is 2.41. The molecular formula is C14H18O2. The van der Waals surface area contributed by atoms with Gasteiger partial charge in [0.25, 0.3) is 0 Å². The van der Waals surface area contributed by atoms with Crippen LogP contribution in [0.4, 0.5) is 0 Å². The van der Waals surface area contributed by atoms with Crippen molar-refractivity contribution in [1.29, 1.82) is 0 Å². The van der Waals surface area contributed by atoms with Gasteiger partial charge in [0.2, 0.25) is 0 Å². The first-order valence-electron chi connectivity index (χ1n) is 6.18. The summed E-state index contributed by atoms with van der Waals surface area (Å²) in [5, 5.41) is 9.81. The lowest BCUT2D eigenvalue weighted by Crippen LogP contribution is -2.22. The van der Waals surface area contributed by atoms with Crippen molar-refractivity contribution in [3.8, 4) is 5.75 Å². The molecule has 1 aliphatic heterocycles. The number of fused-ring (bicyclic) bond motifs is 1. The van der Waals surface area contributed by atoms with Crippen molar-refractivity contribution in [3.63, 3.8) is 0 Å². The van der Waals surface area contributed by atoms with Gasteiger partial charge in [0.1, 0.15) is 5.75 Å². The second-order valence-electron chi connectivity index (χ2n) is 5.25. The Bertz CT molecular complexity index is 382. The number of rotatable bonds is 3. The summed E-state index contributed by atoms with van der Waals surface area (Å²) in [5.41, 5.74) is 1.01. The Morgan fingerprint density at radius 1 is 1.31 bits per heavy atom. The van der Waals surface area contributed by atoms with Crippen LogP contribution in [-0.2, 0) is 6.42 Å². The number of benzene rings is 1. The highest BCUT2D eigenvalue weighted by atomic mass is 16.5. The monoisotopic (exact) mass is 218 g/mol. The van der Waals surface area contributed by atoms with Crippen LogP contribution in [0.3, 0.4) is 0 Å². The molecule has 1 aromatic carbocycles. The van der Waals surface area contributed by atoms with Crippen molar-refractivity contribution in [2.75, 3.05) is 6.61 Å². The fourth-order valence-corrected chi connectivity index (χ4v) is 2.44. The molecule has 1 aromatic rings. The van der Waals surface area contributed by atoms with Crippen LogP contribution in [0.5, 0.6) is 5.75 Å². The van der Waals surface area contributed by atoms with Crippen molar-refractivity contribution in [3.05, 3.63) is 29.8 Å². The minimum Gasteiger partial charge on any atom is -0.493 e. The lowest BCUT2D eigenvalue weighted by Gasteiger charge is -2.25. The summed E-state index contributed by atoms with van der Waals surface area (Å²) in [7, 11) is 0. The maximum absolute atomic E-state index is 9.81. The van der Waals surface area contributed by atoms with Crippen LogP contribution in [0.2, 0.25) is 0 Å². The first kappa shape index (κ1) is 10.2. The Morgan fingerprint density at radius 3 is 2.94 bits per heavy atom. The lowest BCUT2D eigenvalue weighted by molar-refractivity contribution is 0.119. The van der Waals surface area contributed by atoms with Crippen LogP contribution in [0, 0.1) is 5.92 Å². The molecule has 0 saturated heterocycles. The van der Waals surface area contributed by atoms with Crippen LogP contribution in [0.1, 0.15) is 31.2 Å². The van der Waals surface area contributed by atoms with E-state index in [1.165, 1.54) is 5.56 Å². The van der Waals surface area contributed by atoms with Crippen LogP contribution >= 0.6 is 0 Å². The fourth-order valence-electron chi connectivity index (χ4n) is 2.44. The first-order chi connectivity index (χ1) is 7.75. The summed E-state index contributed by atoms with van der Waals surface area (Å²) < 4.78 is 5.74. The van der Waals surface area contributed by atoms with E-state index >= 15 is 0 Å². The molecule has 3 rings (SSSR count). The van der Waals surface area contributed by atoms with Gasteiger partial charge in [-0.25, -0.2) is 0 Å². The molecule has 1 aliphatic carbocycles. The van der Waals surface area contributed by atoms with Crippen LogP contribution in [0.15, 0.2) is 24.3 Å². The normalized spacial score (nSPS) is 25.7. The van der Waals surface area contributed by atoms with E-state index in [0.717, 1.165) is 44.5 Å². The highest BCUT2D eigenvalue weighted by molar-refractivity contribution is 5.35. The molecule has 1 atom stereocenters. The standard InChI is InChI=1S/C14H18O2/c15-14(7-8-14)6-5-11-9-12-3-1-2-4-13(12)16-10-11/h1-4,11,15H,5-10H2. The number of ether oxygens (including phenoxy) is 1. The predicted molar refractivity (Wildman–Crippen MR) is 62.5 cm³/mol. The van der Waals surface area contributed by atoms with Crippen molar-refractivity contribution in [2.24, 2.45) is 5.92 Å². The molecular weight excluding hydrogens is 200 g/mol. The molecule has 1 N–H and O–H groups in total. The molecule has 1 fully saturated rings. The maximum Gasteiger partial charge on any atom is 0.122 e. The van der Waals surface area contributed by atoms with Crippen molar-refractivity contribution < 1.29 is 9.84 Å². The lowest BCUT2D eigenvalue weighted by atomic mass is 9.91. The maximum atomic E-state index is 9.81. The number of para-hydroxylation sites is 1. The van der Waals surface area contributed by atoms with E-state index < -0.39 is 0 Å². The topological polar surface area (TPSA) is 29.5 Å². The van der Waals surface area contributed by atoms with Crippen molar-refractivity contribution in [2.45, 2.75) is 37.7 Å². The second kappa shape index (κ2) is 3.77. The Kier molecular flexibility index (Phi) is 2.40. The quantitative estimate of drug-likeness (QED) is 0.844. The van der Waals surface area contributed by atoms with Gasteiger partial charge in [-0.3, -0.25) is 0 Å². The molecule has 1 heterocycles. The third kappa shape index (κ3) is 2.07. The van der Waals surface area contributed by atoms with Gasteiger partial charge < -0.3 is 9.84 Å². The molecule has 2 heteroatoms. The smallest absolute Gasteiger partial charge is 0.122 e. The van der Waals surface area contributed by atoms with Crippen molar-refractivity contribution >= 4 is 0 Å². The van der Waals surface area contributed by atoms with Crippen LogP contribution in [-0.4, -0.2) is 17.3 Å². The van der Waals surface area contributed by atoms with Gasteiger partial charge >= 0.3 is 0 Å². The molecule has 0 amide bonds. The van der Waals surface area contributed by atoms with Gasteiger partial charge in [-0.2, -0.15) is 0 Å². The third-order valence-corrected chi connectivity index (χ3v) is 3.80. The molecule has 1 unspecified atom stereocenters. The molecule has 16 heavy (non-hydrogen) atoms. The van der Waals surface area contributed by atoms with Gasteiger partial charge in [0, 0.05) is 0 Å². The largest absolute Gasteiger partial charge is 0.493 e. The summed E-state index contributed by atoms with van der Waals surface area (Å²) in [6.07, 6.45) is 5.13. The second-order valence-corrected chi connectivity index (χ2v) is 5.25. The van der Waals surface area contributed by atoms with Crippen LogP contribution < -0.4 is 4.74 Å². The zero-order valence-electron chi connectivity index (χ0n) is 9.48. The van der Waals surface area contributed by atoms with E-state index in [9.17, 15) is 5.11 Å². The Morgan fingerprint density at radius 2 is 2.12 bits per heavy atom. The SMILES string of the molecule is OC1(CCC2COc3ccccc3C2)CC1. The van der Waals surface area contributed by atoms with Crippen molar-refractivity contribution in [1.82, 2.24) is 0 Å². The zero-order chi connectivity index (χ0) is 11.0. The fraction of sp³-hybridized carbons (Fsp3) is 0.571. The van der Waals surface area contributed by atoms with Gasteiger partial charge in [-0.1, -0.05) is 18.2 Å². The van der Waals surface area contributed by atoms with E-state index in [0.29, 0.717) is 5.92 Å². The average molecular weight is 218 g/mol. The minimum atomic E-state index is -0.309. The van der Waals surface area contributed by atoms with E-state index in [4.69, 9.17) is 4.74 Å². The Hall–Kier alpha value is -1.02.